The average molecular weight is 180 g/mol. The molecular weight excluding hydrogens is 164 g/mol. The van der Waals surface area contributed by atoms with E-state index in [-0.39, 0.29) is 0 Å². The number of aromatic nitrogens is 3. The predicted octanol–water partition coefficient (Wildman–Crippen LogP) is 0.871. The topological polar surface area (TPSA) is 42.7 Å². The summed E-state index contributed by atoms with van der Waals surface area (Å²) in [5, 5.41) is 10.9. The van der Waals surface area contributed by atoms with E-state index in [1.165, 1.54) is 5.57 Å². The molecule has 0 spiro atoms. The highest BCUT2D eigenvalue weighted by atomic mass is 15.4. The first-order chi connectivity index (χ1) is 6.20. The minimum Gasteiger partial charge on any atom is -0.308 e. The van der Waals surface area contributed by atoms with Gasteiger partial charge in [0.15, 0.2) is 0 Å². The molecule has 0 amide bonds. The molecule has 4 nitrogen and oxygen atoms in total. The van der Waals surface area contributed by atoms with Crippen molar-refractivity contribution in [3.8, 4) is 0 Å². The molecule has 1 heterocycles. The van der Waals surface area contributed by atoms with Gasteiger partial charge in [0.05, 0.1) is 11.9 Å². The maximum absolute atomic E-state index is 3.84. The SMILES string of the molecule is CC(C)=CCNCc1cnnn1C. The Bertz CT molecular complexity index is 284. The zero-order valence-corrected chi connectivity index (χ0v) is 8.41. The molecule has 0 radical (unpaired) electrons. The lowest BCUT2D eigenvalue weighted by molar-refractivity contribution is 0.639. The van der Waals surface area contributed by atoms with Crippen LogP contribution in [0.3, 0.4) is 0 Å². The van der Waals surface area contributed by atoms with Crippen molar-refractivity contribution < 1.29 is 0 Å². The molecule has 72 valence electrons. The van der Waals surface area contributed by atoms with E-state index < -0.39 is 0 Å². The summed E-state index contributed by atoms with van der Waals surface area (Å²) in [4.78, 5) is 0. The molecule has 4 heteroatoms. The van der Waals surface area contributed by atoms with E-state index in [9.17, 15) is 0 Å². The van der Waals surface area contributed by atoms with Gasteiger partial charge in [-0.15, -0.1) is 5.10 Å². The standard InChI is InChI=1S/C9H16N4/c1-8(2)4-5-10-6-9-7-11-12-13(9)3/h4,7,10H,5-6H2,1-3H3. The summed E-state index contributed by atoms with van der Waals surface area (Å²) in [5.41, 5.74) is 2.43. The van der Waals surface area contributed by atoms with Gasteiger partial charge in [-0.2, -0.15) is 0 Å². The Morgan fingerprint density at radius 1 is 1.62 bits per heavy atom. The second kappa shape index (κ2) is 4.77. The molecule has 1 aromatic heterocycles. The molecule has 1 rings (SSSR count). The van der Waals surface area contributed by atoms with Gasteiger partial charge in [0, 0.05) is 20.1 Å². The Labute approximate surface area is 78.6 Å². The molecule has 0 aromatic carbocycles. The molecule has 0 fully saturated rings. The largest absolute Gasteiger partial charge is 0.308 e. The van der Waals surface area contributed by atoms with Crippen LogP contribution in [-0.2, 0) is 13.6 Å². The van der Waals surface area contributed by atoms with E-state index in [0.29, 0.717) is 0 Å². The zero-order valence-electron chi connectivity index (χ0n) is 8.41. The van der Waals surface area contributed by atoms with Crippen LogP contribution >= 0.6 is 0 Å². The van der Waals surface area contributed by atoms with Crippen molar-refractivity contribution in [1.29, 1.82) is 0 Å². The minimum absolute atomic E-state index is 0.813. The van der Waals surface area contributed by atoms with Crippen LogP contribution in [-0.4, -0.2) is 21.5 Å². The smallest absolute Gasteiger partial charge is 0.0738 e. The first-order valence-electron chi connectivity index (χ1n) is 4.38. The lowest BCUT2D eigenvalue weighted by Crippen LogP contribution is -2.15. The van der Waals surface area contributed by atoms with Crippen molar-refractivity contribution in [3.63, 3.8) is 0 Å². The molecule has 1 aromatic rings. The van der Waals surface area contributed by atoms with Crippen molar-refractivity contribution in [2.24, 2.45) is 7.05 Å². The van der Waals surface area contributed by atoms with Crippen molar-refractivity contribution in [1.82, 2.24) is 20.3 Å². The van der Waals surface area contributed by atoms with Gasteiger partial charge in [0.2, 0.25) is 0 Å². The van der Waals surface area contributed by atoms with Gasteiger partial charge in [-0.1, -0.05) is 16.9 Å². The van der Waals surface area contributed by atoms with E-state index in [4.69, 9.17) is 0 Å². The lowest BCUT2D eigenvalue weighted by atomic mass is 10.3. The monoisotopic (exact) mass is 180 g/mol. The highest BCUT2D eigenvalue weighted by molar-refractivity contribution is 4.96. The number of rotatable bonds is 4. The molecule has 0 bridgehead atoms. The van der Waals surface area contributed by atoms with Crippen LogP contribution in [0, 0.1) is 0 Å². The third kappa shape index (κ3) is 3.38. The Morgan fingerprint density at radius 2 is 2.38 bits per heavy atom. The van der Waals surface area contributed by atoms with Crippen molar-refractivity contribution in [3.05, 3.63) is 23.5 Å². The summed E-state index contributed by atoms with van der Waals surface area (Å²) in [7, 11) is 1.89. The molecule has 0 saturated heterocycles. The highest BCUT2D eigenvalue weighted by Crippen LogP contribution is 1.92. The lowest BCUT2D eigenvalue weighted by Gasteiger charge is -2.01. The maximum atomic E-state index is 3.84. The number of aryl methyl sites for hydroxylation is 1. The highest BCUT2D eigenvalue weighted by Gasteiger charge is 1.96. The Morgan fingerprint density at radius 3 is 2.92 bits per heavy atom. The average Bonchev–Trinajstić information content (AvgIpc) is 2.45. The number of nitrogens with one attached hydrogen (secondary N) is 1. The van der Waals surface area contributed by atoms with Crippen LogP contribution in [0.2, 0.25) is 0 Å². The molecule has 13 heavy (non-hydrogen) atoms. The molecule has 0 atom stereocenters. The predicted molar refractivity (Wildman–Crippen MR) is 52.1 cm³/mol. The second-order valence-electron chi connectivity index (χ2n) is 3.26. The number of nitrogens with zero attached hydrogens (tertiary/aromatic N) is 3. The molecular formula is C9H16N4. The van der Waals surface area contributed by atoms with E-state index in [1.54, 1.807) is 10.9 Å². The van der Waals surface area contributed by atoms with Crippen LogP contribution in [0.5, 0.6) is 0 Å². The molecule has 0 aliphatic rings. The van der Waals surface area contributed by atoms with Crippen molar-refractivity contribution in [2.45, 2.75) is 20.4 Å². The maximum Gasteiger partial charge on any atom is 0.0738 e. The van der Waals surface area contributed by atoms with Crippen LogP contribution < -0.4 is 5.32 Å². The fourth-order valence-corrected chi connectivity index (χ4v) is 0.948. The molecule has 0 saturated carbocycles. The quantitative estimate of drug-likeness (QED) is 0.552. The van der Waals surface area contributed by atoms with Gasteiger partial charge < -0.3 is 5.32 Å². The molecule has 0 unspecified atom stereocenters. The fraction of sp³-hybridized carbons (Fsp3) is 0.556. The molecule has 0 aliphatic heterocycles. The summed E-state index contributed by atoms with van der Waals surface area (Å²) in [6.07, 6.45) is 3.93. The summed E-state index contributed by atoms with van der Waals surface area (Å²) in [6, 6.07) is 0. The minimum atomic E-state index is 0.813. The van der Waals surface area contributed by atoms with E-state index in [2.05, 4.69) is 35.6 Å². The van der Waals surface area contributed by atoms with Crippen molar-refractivity contribution in [2.75, 3.05) is 6.54 Å². The molecule has 1 N–H and O–H groups in total. The van der Waals surface area contributed by atoms with E-state index in [1.807, 2.05) is 7.05 Å². The third-order valence-corrected chi connectivity index (χ3v) is 1.77. The number of hydrogen-bond donors (Lipinski definition) is 1. The fourth-order valence-electron chi connectivity index (χ4n) is 0.948. The Balaban J connectivity index is 2.28. The van der Waals surface area contributed by atoms with Gasteiger partial charge in [-0.05, 0) is 13.8 Å². The normalized spacial score (nSPS) is 10.1. The second-order valence-corrected chi connectivity index (χ2v) is 3.26. The van der Waals surface area contributed by atoms with Gasteiger partial charge in [-0.3, -0.25) is 4.68 Å². The number of hydrogen-bond acceptors (Lipinski definition) is 3. The van der Waals surface area contributed by atoms with Gasteiger partial charge >= 0.3 is 0 Å². The number of allylic oxidation sites excluding steroid dienone is 1. The summed E-state index contributed by atoms with van der Waals surface area (Å²) < 4.78 is 1.77. The van der Waals surface area contributed by atoms with Gasteiger partial charge in [0.25, 0.3) is 0 Å². The third-order valence-electron chi connectivity index (χ3n) is 1.77. The Hall–Kier alpha value is -1.16. The van der Waals surface area contributed by atoms with Gasteiger partial charge in [0.1, 0.15) is 0 Å². The first-order valence-corrected chi connectivity index (χ1v) is 4.38. The van der Waals surface area contributed by atoms with Crippen LogP contribution in [0.15, 0.2) is 17.8 Å². The first kappa shape index (κ1) is 9.92. The van der Waals surface area contributed by atoms with E-state index >= 15 is 0 Å². The molecule has 0 aliphatic carbocycles. The summed E-state index contributed by atoms with van der Waals surface area (Å²) in [5.74, 6) is 0. The van der Waals surface area contributed by atoms with Gasteiger partial charge in [-0.25, -0.2) is 0 Å². The van der Waals surface area contributed by atoms with Crippen LogP contribution in [0.4, 0.5) is 0 Å². The summed E-state index contributed by atoms with van der Waals surface area (Å²) >= 11 is 0. The summed E-state index contributed by atoms with van der Waals surface area (Å²) in [6.45, 7) is 5.89. The zero-order chi connectivity index (χ0) is 9.68. The Kier molecular flexibility index (Phi) is 3.64. The van der Waals surface area contributed by atoms with Crippen LogP contribution in [0.1, 0.15) is 19.5 Å². The van der Waals surface area contributed by atoms with Crippen LogP contribution in [0.25, 0.3) is 0 Å². The van der Waals surface area contributed by atoms with E-state index in [0.717, 1.165) is 18.8 Å². The van der Waals surface area contributed by atoms with Crippen molar-refractivity contribution >= 4 is 0 Å².